The van der Waals surface area contributed by atoms with E-state index in [0.29, 0.717) is 10.6 Å². The fraction of sp³-hybridized carbons (Fsp3) is 0.143. The molecular weight excluding hydrogens is 289 g/mol. The molecule has 0 saturated carbocycles. The molecule has 6 heteroatoms. The highest BCUT2D eigenvalue weighted by Crippen LogP contribution is 2.29. The first-order valence-electron chi connectivity index (χ1n) is 5.81. The summed E-state index contributed by atoms with van der Waals surface area (Å²) in [7, 11) is 0. The summed E-state index contributed by atoms with van der Waals surface area (Å²) in [4.78, 5) is 0. The van der Waals surface area contributed by atoms with E-state index in [1.807, 2.05) is 0 Å². The summed E-state index contributed by atoms with van der Waals surface area (Å²) in [5.41, 5.74) is 3.72. The van der Waals surface area contributed by atoms with Crippen molar-refractivity contribution < 1.29 is 13.2 Å². The zero-order chi connectivity index (χ0) is 14.9. The Morgan fingerprint density at radius 2 is 1.70 bits per heavy atom. The van der Waals surface area contributed by atoms with Crippen LogP contribution in [0.4, 0.5) is 13.2 Å². The van der Waals surface area contributed by atoms with Crippen LogP contribution in [0.5, 0.6) is 0 Å². The van der Waals surface area contributed by atoms with Gasteiger partial charge in [0.05, 0.1) is 6.04 Å². The lowest BCUT2D eigenvalue weighted by Gasteiger charge is -2.20. The van der Waals surface area contributed by atoms with E-state index in [-0.39, 0.29) is 5.56 Å². The second-order valence-electron chi connectivity index (χ2n) is 4.37. The first kappa shape index (κ1) is 14.8. The first-order valence-corrected chi connectivity index (χ1v) is 6.19. The molecule has 0 aromatic heterocycles. The highest BCUT2D eigenvalue weighted by molar-refractivity contribution is 6.30. The molecule has 0 amide bonds. The Hall–Kier alpha value is -1.56. The monoisotopic (exact) mass is 300 g/mol. The van der Waals surface area contributed by atoms with Gasteiger partial charge in [0.2, 0.25) is 0 Å². The molecule has 0 spiro atoms. The van der Waals surface area contributed by atoms with Crippen molar-refractivity contribution in [1.82, 2.24) is 5.43 Å². The van der Waals surface area contributed by atoms with Crippen LogP contribution in [0.25, 0.3) is 0 Å². The lowest BCUT2D eigenvalue weighted by molar-refractivity contribution is 0.433. The van der Waals surface area contributed by atoms with Crippen molar-refractivity contribution in [2.45, 2.75) is 13.0 Å². The molecule has 0 aliphatic carbocycles. The Morgan fingerprint density at radius 3 is 2.30 bits per heavy atom. The summed E-state index contributed by atoms with van der Waals surface area (Å²) < 4.78 is 40.2. The molecule has 0 aliphatic heterocycles. The molecule has 0 saturated heterocycles. The van der Waals surface area contributed by atoms with Crippen LogP contribution < -0.4 is 11.3 Å². The second-order valence-corrected chi connectivity index (χ2v) is 4.80. The minimum Gasteiger partial charge on any atom is -0.271 e. The molecular formula is C14H12ClF3N2. The summed E-state index contributed by atoms with van der Waals surface area (Å²) in [5, 5.41) is 0.521. The number of hydrogen-bond acceptors (Lipinski definition) is 2. The second kappa shape index (κ2) is 5.83. The molecule has 1 atom stereocenters. The molecule has 0 bridgehead atoms. The van der Waals surface area contributed by atoms with Crippen molar-refractivity contribution in [2.75, 3.05) is 0 Å². The van der Waals surface area contributed by atoms with Gasteiger partial charge in [0.15, 0.2) is 17.5 Å². The van der Waals surface area contributed by atoms with E-state index in [0.717, 1.165) is 17.7 Å². The van der Waals surface area contributed by atoms with E-state index in [2.05, 4.69) is 5.43 Å². The van der Waals surface area contributed by atoms with Crippen molar-refractivity contribution >= 4 is 11.6 Å². The highest BCUT2D eigenvalue weighted by atomic mass is 35.5. The molecule has 0 radical (unpaired) electrons. The van der Waals surface area contributed by atoms with Crippen LogP contribution in [0.1, 0.15) is 22.7 Å². The maximum Gasteiger partial charge on any atom is 0.194 e. The highest BCUT2D eigenvalue weighted by Gasteiger charge is 2.22. The largest absolute Gasteiger partial charge is 0.271 e. The molecule has 3 N–H and O–H groups in total. The van der Waals surface area contributed by atoms with Gasteiger partial charge < -0.3 is 0 Å². The van der Waals surface area contributed by atoms with Gasteiger partial charge in [-0.25, -0.2) is 18.6 Å². The van der Waals surface area contributed by atoms with Crippen molar-refractivity contribution in [1.29, 1.82) is 0 Å². The van der Waals surface area contributed by atoms with Gasteiger partial charge in [-0.15, -0.1) is 0 Å². The average Bonchev–Trinajstić information content (AvgIpc) is 2.41. The summed E-state index contributed by atoms with van der Waals surface area (Å²) in [6.45, 7) is 1.77. The Labute approximate surface area is 119 Å². The quantitative estimate of drug-likeness (QED) is 0.516. The number of halogens is 4. The van der Waals surface area contributed by atoms with E-state index >= 15 is 0 Å². The number of aryl methyl sites for hydroxylation is 1. The predicted molar refractivity (Wildman–Crippen MR) is 71.7 cm³/mol. The number of hydrogen-bond donors (Lipinski definition) is 2. The van der Waals surface area contributed by atoms with Crippen molar-refractivity contribution in [3.63, 3.8) is 0 Å². The van der Waals surface area contributed by atoms with E-state index in [1.165, 1.54) is 0 Å². The van der Waals surface area contributed by atoms with Gasteiger partial charge >= 0.3 is 0 Å². The topological polar surface area (TPSA) is 38.0 Å². The number of nitrogens with two attached hydrogens (primary N) is 1. The lowest BCUT2D eigenvalue weighted by Crippen LogP contribution is -2.30. The van der Waals surface area contributed by atoms with Crippen LogP contribution in [0.15, 0.2) is 30.3 Å². The molecule has 0 heterocycles. The molecule has 0 fully saturated rings. The number of hydrazine groups is 1. The Balaban J connectivity index is 2.55. The van der Waals surface area contributed by atoms with Crippen LogP contribution in [0.2, 0.25) is 5.02 Å². The van der Waals surface area contributed by atoms with Gasteiger partial charge in [0, 0.05) is 10.6 Å². The molecule has 106 valence electrons. The van der Waals surface area contributed by atoms with Gasteiger partial charge in [-0.3, -0.25) is 5.84 Å². The van der Waals surface area contributed by atoms with E-state index < -0.39 is 23.5 Å². The zero-order valence-electron chi connectivity index (χ0n) is 10.6. The van der Waals surface area contributed by atoms with Crippen LogP contribution >= 0.6 is 11.6 Å². The van der Waals surface area contributed by atoms with Crippen LogP contribution in [0, 0.1) is 24.4 Å². The summed E-state index contributed by atoms with van der Waals surface area (Å²) in [6.07, 6.45) is 0. The minimum atomic E-state index is -1.52. The smallest absolute Gasteiger partial charge is 0.194 e. The Bertz CT molecular complexity index is 647. The van der Waals surface area contributed by atoms with Crippen molar-refractivity contribution in [3.05, 3.63) is 69.5 Å². The van der Waals surface area contributed by atoms with E-state index in [1.54, 1.807) is 25.1 Å². The number of benzene rings is 2. The summed E-state index contributed by atoms with van der Waals surface area (Å²) >= 11 is 5.85. The number of rotatable bonds is 3. The standard InChI is InChI=1S/C14H12ClF3N2/c1-7-6-8(15)2-3-9(7)14(20-19)10-4-5-11(16)13(18)12(10)17/h2-6,14,20H,19H2,1H3. The number of nitrogens with one attached hydrogen (secondary N) is 1. The molecule has 2 aromatic rings. The van der Waals surface area contributed by atoms with Crippen molar-refractivity contribution in [3.8, 4) is 0 Å². The molecule has 20 heavy (non-hydrogen) atoms. The normalized spacial score (nSPS) is 12.5. The third-order valence-electron chi connectivity index (χ3n) is 3.09. The van der Waals surface area contributed by atoms with Gasteiger partial charge in [-0.1, -0.05) is 23.7 Å². The minimum absolute atomic E-state index is 0.0724. The summed E-state index contributed by atoms with van der Waals surface area (Å²) in [6, 6.07) is 6.17. The molecule has 2 nitrogen and oxygen atoms in total. The SMILES string of the molecule is Cc1cc(Cl)ccc1C(NN)c1ccc(F)c(F)c1F. The maximum atomic E-state index is 13.9. The van der Waals surface area contributed by atoms with Crippen LogP contribution in [0.3, 0.4) is 0 Å². The van der Waals surface area contributed by atoms with E-state index in [9.17, 15) is 13.2 Å². The third kappa shape index (κ3) is 2.65. The predicted octanol–water partition coefficient (Wildman–Crippen LogP) is 3.62. The average molecular weight is 301 g/mol. The van der Waals surface area contributed by atoms with Crippen LogP contribution in [-0.2, 0) is 0 Å². The first-order chi connectivity index (χ1) is 9.45. The van der Waals surface area contributed by atoms with Gasteiger partial charge in [-0.05, 0) is 36.2 Å². The van der Waals surface area contributed by atoms with Gasteiger partial charge in [0.1, 0.15) is 0 Å². The molecule has 1 unspecified atom stereocenters. The van der Waals surface area contributed by atoms with Gasteiger partial charge in [-0.2, -0.15) is 0 Å². The summed E-state index contributed by atoms with van der Waals surface area (Å²) in [5.74, 6) is 1.41. The zero-order valence-corrected chi connectivity index (χ0v) is 11.3. The fourth-order valence-electron chi connectivity index (χ4n) is 2.07. The molecule has 2 rings (SSSR count). The van der Waals surface area contributed by atoms with E-state index in [4.69, 9.17) is 17.4 Å². The Kier molecular flexibility index (Phi) is 4.32. The lowest BCUT2D eigenvalue weighted by atomic mass is 9.95. The molecule has 0 aliphatic rings. The Morgan fingerprint density at radius 1 is 1.05 bits per heavy atom. The van der Waals surface area contributed by atoms with Crippen LogP contribution in [-0.4, -0.2) is 0 Å². The van der Waals surface area contributed by atoms with Crippen molar-refractivity contribution in [2.24, 2.45) is 5.84 Å². The fourth-order valence-corrected chi connectivity index (χ4v) is 2.30. The third-order valence-corrected chi connectivity index (χ3v) is 3.32. The molecule has 2 aromatic carbocycles. The van der Waals surface area contributed by atoms with Gasteiger partial charge in [0.25, 0.3) is 0 Å². The maximum absolute atomic E-state index is 13.9.